The maximum Gasteiger partial charge on any atom is 0.356 e. The van der Waals surface area contributed by atoms with Crippen molar-refractivity contribution in [2.75, 3.05) is 25.6 Å². The minimum absolute atomic E-state index is 0.178. The summed E-state index contributed by atoms with van der Waals surface area (Å²) in [5.74, 6) is -1.18. The minimum Gasteiger partial charge on any atom is -0.476 e. The fourth-order valence-corrected chi connectivity index (χ4v) is 1.59. The van der Waals surface area contributed by atoms with Crippen molar-refractivity contribution >= 4 is 17.7 Å². The Labute approximate surface area is 117 Å². The molecule has 1 aromatic heterocycles. The number of carboxylic acids is 1. The van der Waals surface area contributed by atoms with Gasteiger partial charge in [0, 0.05) is 26.5 Å². The lowest BCUT2D eigenvalue weighted by atomic mass is 10.2. The van der Waals surface area contributed by atoms with Gasteiger partial charge in [0.25, 0.3) is 0 Å². The van der Waals surface area contributed by atoms with Crippen LogP contribution < -0.4 is 10.6 Å². The lowest BCUT2D eigenvalue weighted by Crippen LogP contribution is -2.30. The third kappa shape index (κ3) is 5.66. The number of amides is 2. The molecule has 0 unspecified atom stereocenters. The molecule has 20 heavy (non-hydrogen) atoms. The number of carboxylic acid groups (broad SMARTS) is 1. The smallest absolute Gasteiger partial charge is 0.356 e. The average Bonchev–Trinajstić information content (AvgIpc) is 2.43. The molecule has 0 fully saturated rings. The van der Waals surface area contributed by atoms with Crippen molar-refractivity contribution in [1.29, 1.82) is 0 Å². The van der Waals surface area contributed by atoms with Crippen molar-refractivity contribution < 1.29 is 19.4 Å². The van der Waals surface area contributed by atoms with Crippen LogP contribution in [0.2, 0.25) is 0 Å². The molecule has 0 aromatic carbocycles. The number of nitrogens with one attached hydrogen (secondary N) is 2. The summed E-state index contributed by atoms with van der Waals surface area (Å²) in [6.45, 7) is 1.24. The second kappa shape index (κ2) is 8.87. The number of hydrogen-bond donors (Lipinski definition) is 3. The number of ether oxygens (including phenoxy) is 1. The van der Waals surface area contributed by atoms with E-state index in [0.717, 1.165) is 19.3 Å². The molecule has 0 saturated carbocycles. The quantitative estimate of drug-likeness (QED) is 0.630. The Morgan fingerprint density at radius 1 is 1.35 bits per heavy atom. The zero-order valence-corrected chi connectivity index (χ0v) is 11.4. The van der Waals surface area contributed by atoms with E-state index in [1.807, 2.05) is 0 Å². The minimum atomic E-state index is -1.18. The zero-order chi connectivity index (χ0) is 14.8. The molecule has 0 aliphatic rings. The predicted molar refractivity (Wildman–Crippen MR) is 73.9 cm³/mol. The van der Waals surface area contributed by atoms with Gasteiger partial charge in [0.1, 0.15) is 0 Å². The summed E-state index contributed by atoms with van der Waals surface area (Å²) in [6.07, 6.45) is 4.12. The van der Waals surface area contributed by atoms with E-state index in [-0.39, 0.29) is 11.4 Å². The Hall–Kier alpha value is -2.15. The van der Waals surface area contributed by atoms with Gasteiger partial charge in [0.05, 0.1) is 5.69 Å². The second-order valence-electron chi connectivity index (χ2n) is 4.14. The lowest BCUT2D eigenvalue weighted by Gasteiger charge is -2.09. The summed E-state index contributed by atoms with van der Waals surface area (Å²) in [7, 11) is 1.65. The predicted octanol–water partition coefficient (Wildman–Crippen LogP) is 1.72. The van der Waals surface area contributed by atoms with Crippen molar-refractivity contribution in [2.45, 2.75) is 19.3 Å². The van der Waals surface area contributed by atoms with E-state index in [1.54, 1.807) is 13.2 Å². The number of aromatic nitrogens is 1. The highest BCUT2D eigenvalue weighted by atomic mass is 16.5. The first kappa shape index (κ1) is 15.9. The summed E-state index contributed by atoms with van der Waals surface area (Å²) in [4.78, 5) is 26.2. The molecule has 0 aliphatic carbocycles. The first-order chi connectivity index (χ1) is 9.65. The van der Waals surface area contributed by atoms with Gasteiger partial charge < -0.3 is 20.5 Å². The third-order valence-electron chi connectivity index (χ3n) is 2.57. The van der Waals surface area contributed by atoms with Crippen LogP contribution in [-0.2, 0) is 4.74 Å². The van der Waals surface area contributed by atoms with Gasteiger partial charge in [-0.15, -0.1) is 0 Å². The summed E-state index contributed by atoms with van der Waals surface area (Å²) in [5, 5.41) is 14.1. The van der Waals surface area contributed by atoms with Gasteiger partial charge in [-0.05, 0) is 31.4 Å². The molecule has 0 bridgehead atoms. The number of hydrogen-bond acceptors (Lipinski definition) is 4. The van der Waals surface area contributed by atoms with E-state index in [1.165, 1.54) is 12.3 Å². The number of methoxy groups -OCH3 is 1. The standard InChI is InChI=1S/C13H19N3O4/c1-20-9-4-2-3-7-15-13(19)16-10-6-5-8-14-11(10)12(17)18/h5-6,8H,2-4,7,9H2,1H3,(H,17,18)(H2,15,16,19). The van der Waals surface area contributed by atoms with Crippen LogP contribution in [0, 0.1) is 0 Å². The molecule has 0 radical (unpaired) electrons. The highest BCUT2D eigenvalue weighted by molar-refractivity contribution is 5.98. The van der Waals surface area contributed by atoms with E-state index in [2.05, 4.69) is 15.6 Å². The van der Waals surface area contributed by atoms with Crippen LogP contribution >= 0.6 is 0 Å². The van der Waals surface area contributed by atoms with Crippen LogP contribution in [0.3, 0.4) is 0 Å². The summed E-state index contributed by atoms with van der Waals surface area (Å²) in [6, 6.07) is 2.62. The molecule has 1 rings (SSSR count). The van der Waals surface area contributed by atoms with Crippen molar-refractivity contribution in [3.63, 3.8) is 0 Å². The van der Waals surface area contributed by atoms with Gasteiger partial charge in [-0.25, -0.2) is 14.6 Å². The molecule has 3 N–H and O–H groups in total. The van der Waals surface area contributed by atoms with Crippen LogP contribution in [-0.4, -0.2) is 42.4 Å². The first-order valence-corrected chi connectivity index (χ1v) is 6.37. The molecule has 7 heteroatoms. The van der Waals surface area contributed by atoms with Gasteiger partial charge in [0.15, 0.2) is 5.69 Å². The third-order valence-corrected chi connectivity index (χ3v) is 2.57. The van der Waals surface area contributed by atoms with Crippen LogP contribution in [0.4, 0.5) is 10.5 Å². The Bertz CT molecular complexity index is 451. The summed E-state index contributed by atoms with van der Waals surface area (Å²) in [5.41, 5.74) is -0.000345. The van der Waals surface area contributed by atoms with E-state index in [0.29, 0.717) is 13.2 Å². The van der Waals surface area contributed by atoms with Gasteiger partial charge in [-0.2, -0.15) is 0 Å². The SMILES string of the molecule is COCCCCCNC(=O)Nc1cccnc1C(=O)O. The number of pyridine rings is 1. The van der Waals surface area contributed by atoms with Crippen molar-refractivity contribution in [3.8, 4) is 0 Å². The number of aromatic carboxylic acids is 1. The number of anilines is 1. The lowest BCUT2D eigenvalue weighted by molar-refractivity contribution is 0.0691. The number of unbranched alkanes of at least 4 members (excludes halogenated alkanes) is 2. The number of carbonyl (C=O) groups is 2. The van der Waals surface area contributed by atoms with Crippen LogP contribution in [0.15, 0.2) is 18.3 Å². The van der Waals surface area contributed by atoms with E-state index in [9.17, 15) is 9.59 Å². The van der Waals surface area contributed by atoms with E-state index < -0.39 is 12.0 Å². The van der Waals surface area contributed by atoms with Crippen molar-refractivity contribution in [1.82, 2.24) is 10.3 Å². The molecule has 2 amide bonds. The molecule has 1 heterocycles. The topological polar surface area (TPSA) is 101 Å². The molecule has 0 aliphatic heterocycles. The zero-order valence-electron chi connectivity index (χ0n) is 11.4. The van der Waals surface area contributed by atoms with Crippen molar-refractivity contribution in [2.24, 2.45) is 0 Å². The van der Waals surface area contributed by atoms with E-state index >= 15 is 0 Å². The second-order valence-corrected chi connectivity index (χ2v) is 4.14. The van der Waals surface area contributed by atoms with Gasteiger partial charge in [0.2, 0.25) is 0 Å². The van der Waals surface area contributed by atoms with Gasteiger partial charge >= 0.3 is 12.0 Å². The molecule has 0 saturated heterocycles. The maximum atomic E-state index is 11.6. The van der Waals surface area contributed by atoms with Crippen LogP contribution in [0.25, 0.3) is 0 Å². The summed E-state index contributed by atoms with van der Waals surface area (Å²) < 4.78 is 4.92. The average molecular weight is 281 g/mol. The molecule has 110 valence electrons. The Balaban J connectivity index is 2.34. The van der Waals surface area contributed by atoms with Crippen LogP contribution in [0.1, 0.15) is 29.8 Å². The molecular weight excluding hydrogens is 262 g/mol. The number of urea groups is 1. The molecular formula is C13H19N3O4. The fraction of sp³-hybridized carbons (Fsp3) is 0.462. The van der Waals surface area contributed by atoms with E-state index in [4.69, 9.17) is 9.84 Å². The largest absolute Gasteiger partial charge is 0.476 e. The Morgan fingerprint density at radius 2 is 2.15 bits per heavy atom. The highest BCUT2D eigenvalue weighted by Gasteiger charge is 2.12. The number of carbonyl (C=O) groups excluding carboxylic acids is 1. The Morgan fingerprint density at radius 3 is 2.85 bits per heavy atom. The molecule has 0 spiro atoms. The number of rotatable bonds is 8. The van der Waals surface area contributed by atoms with Crippen molar-refractivity contribution in [3.05, 3.63) is 24.0 Å². The van der Waals surface area contributed by atoms with Gasteiger partial charge in [-0.3, -0.25) is 0 Å². The molecule has 0 atom stereocenters. The first-order valence-electron chi connectivity index (χ1n) is 6.37. The molecule has 7 nitrogen and oxygen atoms in total. The number of nitrogens with zero attached hydrogens (tertiary/aromatic N) is 1. The van der Waals surface area contributed by atoms with Crippen LogP contribution in [0.5, 0.6) is 0 Å². The maximum absolute atomic E-state index is 11.6. The summed E-state index contributed by atoms with van der Waals surface area (Å²) >= 11 is 0. The molecule has 1 aromatic rings. The highest BCUT2D eigenvalue weighted by Crippen LogP contribution is 2.11. The van der Waals surface area contributed by atoms with Gasteiger partial charge in [-0.1, -0.05) is 0 Å². The Kier molecular flexibility index (Phi) is 7.05. The normalized spacial score (nSPS) is 10.1. The fourth-order valence-electron chi connectivity index (χ4n) is 1.59. The monoisotopic (exact) mass is 281 g/mol.